The molecule has 0 spiro atoms. The minimum atomic E-state index is 0. The highest BCUT2D eigenvalue weighted by atomic mass is 127. The molecule has 0 bridgehead atoms. The molecular weight excluding hydrogens is 407 g/mol. The fraction of sp³-hybridized carbons (Fsp3) is 0.667. The molecule has 0 unspecified atom stereocenters. The summed E-state index contributed by atoms with van der Waals surface area (Å²) < 4.78 is 1.81. The summed E-state index contributed by atoms with van der Waals surface area (Å²) in [4.78, 5) is 16.0. The number of aryl methyl sites for hydroxylation is 1. The van der Waals surface area contributed by atoms with Gasteiger partial charge >= 0.3 is 0 Å². The molecule has 8 heteroatoms. The van der Waals surface area contributed by atoms with E-state index in [1.807, 2.05) is 17.8 Å². The minimum Gasteiger partial charge on any atom is -0.356 e. The van der Waals surface area contributed by atoms with Gasteiger partial charge in [0.1, 0.15) is 0 Å². The van der Waals surface area contributed by atoms with E-state index in [4.69, 9.17) is 0 Å². The smallest absolute Gasteiger partial charge is 0.221 e. The molecule has 0 atom stereocenters. The summed E-state index contributed by atoms with van der Waals surface area (Å²) in [6.07, 6.45) is 6.92. The van der Waals surface area contributed by atoms with Crippen molar-refractivity contribution in [2.75, 3.05) is 13.6 Å². The van der Waals surface area contributed by atoms with E-state index >= 15 is 0 Å². The molecule has 0 saturated heterocycles. The van der Waals surface area contributed by atoms with Gasteiger partial charge in [-0.05, 0) is 18.9 Å². The Hall–Kier alpha value is -1.32. The van der Waals surface area contributed by atoms with E-state index in [2.05, 4.69) is 26.0 Å². The minimum absolute atomic E-state index is 0. The van der Waals surface area contributed by atoms with Crippen LogP contribution < -0.4 is 16.0 Å². The van der Waals surface area contributed by atoms with Crippen molar-refractivity contribution in [3.05, 3.63) is 18.0 Å². The summed E-state index contributed by atoms with van der Waals surface area (Å²) >= 11 is 0. The van der Waals surface area contributed by atoms with Gasteiger partial charge in [-0.25, -0.2) is 0 Å². The lowest BCUT2D eigenvalue weighted by atomic mass is 10.2. The second-order valence-electron chi connectivity index (χ2n) is 5.60. The lowest BCUT2D eigenvalue weighted by molar-refractivity contribution is -0.121. The van der Waals surface area contributed by atoms with Gasteiger partial charge in [-0.1, -0.05) is 12.8 Å². The average molecular weight is 434 g/mol. The predicted octanol–water partition coefficient (Wildman–Crippen LogP) is 1.15. The first-order valence-electron chi connectivity index (χ1n) is 7.90. The van der Waals surface area contributed by atoms with Crippen LogP contribution in [0.15, 0.2) is 17.3 Å². The van der Waals surface area contributed by atoms with Gasteiger partial charge in [0.2, 0.25) is 5.91 Å². The molecule has 23 heavy (non-hydrogen) atoms. The molecule has 1 amide bonds. The topological polar surface area (TPSA) is 83.3 Å². The summed E-state index contributed by atoms with van der Waals surface area (Å²) in [5, 5.41) is 13.6. The average Bonchev–Trinajstić information content (AvgIpc) is 3.14. The number of halogens is 1. The van der Waals surface area contributed by atoms with Crippen molar-refractivity contribution in [1.29, 1.82) is 0 Å². The molecular formula is C15H27IN6O. The van der Waals surface area contributed by atoms with Gasteiger partial charge in [0, 0.05) is 39.3 Å². The maximum atomic E-state index is 11.8. The number of carbonyl (C=O) groups excluding carboxylic acids is 1. The van der Waals surface area contributed by atoms with Crippen molar-refractivity contribution < 1.29 is 4.79 Å². The molecule has 1 fully saturated rings. The fourth-order valence-corrected chi connectivity index (χ4v) is 2.63. The number of aromatic nitrogens is 2. The zero-order valence-electron chi connectivity index (χ0n) is 13.8. The van der Waals surface area contributed by atoms with Crippen LogP contribution in [0.25, 0.3) is 0 Å². The van der Waals surface area contributed by atoms with Crippen LogP contribution in [0.2, 0.25) is 0 Å². The number of carbonyl (C=O) groups is 1. The van der Waals surface area contributed by atoms with Crippen LogP contribution in [0.4, 0.5) is 0 Å². The molecule has 7 nitrogen and oxygen atoms in total. The molecule has 1 saturated carbocycles. The number of nitrogens with zero attached hydrogens (tertiary/aromatic N) is 3. The van der Waals surface area contributed by atoms with E-state index in [-0.39, 0.29) is 29.9 Å². The van der Waals surface area contributed by atoms with Crippen molar-refractivity contribution in [2.24, 2.45) is 12.0 Å². The summed E-state index contributed by atoms with van der Waals surface area (Å²) in [5.74, 6) is 0.802. The number of amides is 1. The van der Waals surface area contributed by atoms with Gasteiger partial charge in [0.25, 0.3) is 0 Å². The van der Waals surface area contributed by atoms with Crippen molar-refractivity contribution >= 4 is 35.8 Å². The normalized spacial score (nSPS) is 15.1. The van der Waals surface area contributed by atoms with E-state index in [1.165, 1.54) is 12.8 Å². The van der Waals surface area contributed by atoms with Gasteiger partial charge in [-0.3, -0.25) is 14.5 Å². The highest BCUT2D eigenvalue weighted by Crippen LogP contribution is 2.17. The van der Waals surface area contributed by atoms with Crippen molar-refractivity contribution in [1.82, 2.24) is 25.7 Å². The molecule has 1 aromatic rings. The van der Waals surface area contributed by atoms with E-state index in [0.29, 0.717) is 31.5 Å². The van der Waals surface area contributed by atoms with Crippen LogP contribution in [-0.2, 0) is 18.4 Å². The van der Waals surface area contributed by atoms with E-state index < -0.39 is 0 Å². The number of aliphatic imine (C=N–C) groups is 1. The molecule has 1 heterocycles. The first kappa shape index (κ1) is 19.7. The quantitative estimate of drug-likeness (QED) is 0.357. The fourth-order valence-electron chi connectivity index (χ4n) is 2.63. The van der Waals surface area contributed by atoms with Crippen LogP contribution in [0.3, 0.4) is 0 Å². The number of guanidine groups is 1. The predicted molar refractivity (Wildman–Crippen MR) is 102 cm³/mol. The second-order valence-corrected chi connectivity index (χ2v) is 5.60. The zero-order chi connectivity index (χ0) is 15.8. The Labute approximate surface area is 154 Å². The third-order valence-corrected chi connectivity index (χ3v) is 3.95. The standard InChI is InChI=1S/C15H26N6O.HI/c1-16-15(18-11-13-7-10-19-21(13)2)17-9-8-14(22)20-12-5-3-4-6-12;/h7,10,12H,3-6,8-9,11H2,1-2H3,(H,20,22)(H2,16,17,18);1H. The number of rotatable bonds is 6. The molecule has 1 aliphatic rings. The summed E-state index contributed by atoms with van der Waals surface area (Å²) in [6, 6.07) is 2.34. The molecule has 0 aromatic carbocycles. The third-order valence-electron chi connectivity index (χ3n) is 3.95. The Morgan fingerprint density at radius 3 is 2.74 bits per heavy atom. The largest absolute Gasteiger partial charge is 0.356 e. The van der Waals surface area contributed by atoms with Gasteiger partial charge in [0.05, 0.1) is 12.2 Å². The number of hydrogen-bond acceptors (Lipinski definition) is 3. The van der Waals surface area contributed by atoms with Gasteiger partial charge in [-0.15, -0.1) is 24.0 Å². The van der Waals surface area contributed by atoms with Crippen LogP contribution in [-0.4, -0.2) is 41.3 Å². The molecule has 0 radical (unpaired) electrons. The lowest BCUT2D eigenvalue weighted by Crippen LogP contribution is -2.40. The van der Waals surface area contributed by atoms with Crippen LogP contribution in [0, 0.1) is 0 Å². The van der Waals surface area contributed by atoms with Gasteiger partial charge in [-0.2, -0.15) is 5.10 Å². The highest BCUT2D eigenvalue weighted by molar-refractivity contribution is 14.0. The molecule has 2 rings (SSSR count). The van der Waals surface area contributed by atoms with Crippen molar-refractivity contribution in [3.8, 4) is 0 Å². The first-order valence-corrected chi connectivity index (χ1v) is 7.90. The highest BCUT2D eigenvalue weighted by Gasteiger charge is 2.16. The Morgan fingerprint density at radius 2 is 2.13 bits per heavy atom. The Morgan fingerprint density at radius 1 is 1.39 bits per heavy atom. The van der Waals surface area contributed by atoms with Crippen LogP contribution in [0.5, 0.6) is 0 Å². The molecule has 130 valence electrons. The van der Waals surface area contributed by atoms with E-state index in [0.717, 1.165) is 18.5 Å². The van der Waals surface area contributed by atoms with Crippen LogP contribution in [0.1, 0.15) is 37.8 Å². The Kier molecular flexibility index (Phi) is 8.97. The van der Waals surface area contributed by atoms with Crippen molar-refractivity contribution in [2.45, 2.75) is 44.7 Å². The molecule has 0 aliphatic heterocycles. The number of nitrogens with one attached hydrogen (secondary N) is 3. The van der Waals surface area contributed by atoms with Gasteiger partial charge in [0.15, 0.2) is 5.96 Å². The Balaban J connectivity index is 0.00000264. The second kappa shape index (κ2) is 10.5. The third kappa shape index (κ3) is 6.76. The van der Waals surface area contributed by atoms with E-state index in [1.54, 1.807) is 13.2 Å². The van der Waals surface area contributed by atoms with E-state index in [9.17, 15) is 4.79 Å². The molecule has 1 aromatic heterocycles. The molecule has 3 N–H and O–H groups in total. The zero-order valence-corrected chi connectivity index (χ0v) is 16.2. The number of hydrogen-bond donors (Lipinski definition) is 3. The van der Waals surface area contributed by atoms with Crippen molar-refractivity contribution in [3.63, 3.8) is 0 Å². The lowest BCUT2D eigenvalue weighted by Gasteiger charge is -2.14. The maximum Gasteiger partial charge on any atom is 0.221 e. The van der Waals surface area contributed by atoms with Gasteiger partial charge < -0.3 is 16.0 Å². The van der Waals surface area contributed by atoms with Crippen LogP contribution >= 0.6 is 24.0 Å². The monoisotopic (exact) mass is 434 g/mol. The molecule has 1 aliphatic carbocycles. The summed E-state index contributed by atoms with van der Waals surface area (Å²) in [6.45, 7) is 1.22. The summed E-state index contributed by atoms with van der Waals surface area (Å²) in [7, 11) is 3.62. The SMILES string of the molecule is CN=C(NCCC(=O)NC1CCCC1)NCc1ccnn1C.I. The summed E-state index contributed by atoms with van der Waals surface area (Å²) in [5.41, 5.74) is 1.07. The maximum absolute atomic E-state index is 11.8. The first-order chi connectivity index (χ1) is 10.7. The Bertz CT molecular complexity index is 510.